The molecule has 0 aliphatic carbocycles. The van der Waals surface area contributed by atoms with Crippen LogP contribution in [0.25, 0.3) is 10.4 Å². The summed E-state index contributed by atoms with van der Waals surface area (Å²) in [6, 6.07) is 25.0. The average Bonchev–Trinajstić information content (AvgIpc) is 3.29. The second-order valence-corrected chi connectivity index (χ2v) is 10.1. The minimum Gasteiger partial charge on any atom is -0.493 e. The summed E-state index contributed by atoms with van der Waals surface area (Å²) in [5.41, 5.74) is 9.41. The molecule has 4 aromatic rings. The molecule has 0 unspecified atom stereocenters. The van der Waals surface area contributed by atoms with Crippen LogP contribution in [-0.2, 0) is 6.54 Å². The van der Waals surface area contributed by atoms with Gasteiger partial charge in [-0.15, -0.1) is 11.3 Å². The van der Waals surface area contributed by atoms with Gasteiger partial charge in [-0.05, 0) is 54.9 Å². The minimum atomic E-state index is -0.278. The Balaban J connectivity index is 1.32. The number of nitrogen functional groups attached to an aromatic ring is 1. The molecule has 0 atom stereocenters. The van der Waals surface area contributed by atoms with Gasteiger partial charge in [0, 0.05) is 34.7 Å². The van der Waals surface area contributed by atoms with Crippen LogP contribution < -0.4 is 20.5 Å². The monoisotopic (exact) mass is 535 g/mol. The van der Waals surface area contributed by atoms with Crippen LogP contribution in [0.4, 0.5) is 11.4 Å². The lowest BCUT2D eigenvalue weighted by Gasteiger charge is -2.17. The number of benzene rings is 3. The van der Waals surface area contributed by atoms with Gasteiger partial charge in [0.25, 0.3) is 5.91 Å². The van der Waals surface area contributed by atoms with Crippen molar-refractivity contribution in [2.45, 2.75) is 13.0 Å². The van der Waals surface area contributed by atoms with Crippen LogP contribution in [-0.4, -0.2) is 38.1 Å². The molecule has 0 fully saturated rings. The van der Waals surface area contributed by atoms with Crippen LogP contribution in [0, 0.1) is 0 Å². The Morgan fingerprint density at radius 3 is 2.51 bits per heavy atom. The molecule has 8 heteroatoms. The zero-order chi connectivity index (χ0) is 26.2. The highest BCUT2D eigenvalue weighted by atomic mass is 35.5. The Kier molecular flexibility index (Phi) is 9.06. The molecule has 0 aliphatic heterocycles. The minimum absolute atomic E-state index is 0.278. The number of thiophene rings is 1. The lowest BCUT2D eigenvalue weighted by molar-refractivity contribution is 0.103. The van der Waals surface area contributed by atoms with Crippen LogP contribution in [0.15, 0.2) is 78.9 Å². The van der Waals surface area contributed by atoms with E-state index in [0.29, 0.717) is 39.4 Å². The first-order valence-electron chi connectivity index (χ1n) is 11.9. The predicted molar refractivity (Wildman–Crippen MR) is 153 cm³/mol. The molecule has 0 saturated heterocycles. The molecule has 3 N–H and O–H groups in total. The molecular weight excluding hydrogens is 506 g/mol. The fourth-order valence-corrected chi connectivity index (χ4v) is 4.99. The fraction of sp³-hybridized carbons (Fsp3) is 0.207. The molecule has 0 saturated carbocycles. The summed E-state index contributed by atoms with van der Waals surface area (Å²) in [5.74, 6) is 0.906. The van der Waals surface area contributed by atoms with E-state index in [2.05, 4.69) is 41.5 Å². The Bertz CT molecular complexity index is 1330. The van der Waals surface area contributed by atoms with E-state index in [1.54, 1.807) is 31.4 Å². The number of hydrogen-bond donors (Lipinski definition) is 2. The lowest BCUT2D eigenvalue weighted by atomic mass is 10.2. The standard InChI is InChI=1S/C29H30ClN3O3S/c1-33(19-20-7-4-3-5-8-20)15-6-16-36-25-14-13-23(17-26(25)35-2)32-29(34)28-24(31)18-27(37-28)21-9-11-22(30)12-10-21/h3-5,7-14,17-18H,6,15-16,19,31H2,1-2H3,(H,32,34). The maximum absolute atomic E-state index is 12.9. The predicted octanol–water partition coefficient (Wildman–Crippen LogP) is 6.81. The van der Waals surface area contributed by atoms with Gasteiger partial charge in [-0.1, -0.05) is 54.1 Å². The highest BCUT2D eigenvalue weighted by Crippen LogP contribution is 2.35. The van der Waals surface area contributed by atoms with Gasteiger partial charge in [0.2, 0.25) is 0 Å². The number of hydrogen-bond acceptors (Lipinski definition) is 6. The van der Waals surface area contributed by atoms with E-state index in [1.165, 1.54) is 16.9 Å². The maximum Gasteiger partial charge on any atom is 0.267 e. The van der Waals surface area contributed by atoms with Gasteiger partial charge < -0.3 is 25.4 Å². The first-order chi connectivity index (χ1) is 17.9. The molecule has 1 heterocycles. The van der Waals surface area contributed by atoms with Crippen LogP contribution in [0.5, 0.6) is 11.5 Å². The largest absolute Gasteiger partial charge is 0.493 e. The zero-order valence-corrected chi connectivity index (χ0v) is 22.4. The fourth-order valence-electron chi connectivity index (χ4n) is 3.88. The van der Waals surface area contributed by atoms with Crippen LogP contribution in [0.3, 0.4) is 0 Å². The van der Waals surface area contributed by atoms with Crippen LogP contribution >= 0.6 is 22.9 Å². The van der Waals surface area contributed by atoms with Crippen molar-refractivity contribution in [3.05, 3.63) is 94.3 Å². The number of rotatable bonds is 11. The van der Waals surface area contributed by atoms with Crippen molar-refractivity contribution >= 4 is 40.2 Å². The number of nitrogens with two attached hydrogens (primary N) is 1. The third-order valence-electron chi connectivity index (χ3n) is 5.75. The highest BCUT2D eigenvalue weighted by Gasteiger charge is 2.17. The normalized spacial score (nSPS) is 10.9. The van der Waals surface area contributed by atoms with Crippen molar-refractivity contribution < 1.29 is 14.3 Å². The van der Waals surface area contributed by atoms with Crippen LogP contribution in [0.2, 0.25) is 5.02 Å². The summed E-state index contributed by atoms with van der Waals surface area (Å²) in [5, 5.41) is 3.56. The summed E-state index contributed by atoms with van der Waals surface area (Å²) >= 11 is 7.32. The molecule has 0 radical (unpaired) electrons. The Morgan fingerprint density at radius 2 is 1.78 bits per heavy atom. The quantitative estimate of drug-likeness (QED) is 0.206. The maximum atomic E-state index is 12.9. The third kappa shape index (κ3) is 7.26. The molecule has 1 aromatic heterocycles. The Hall–Kier alpha value is -3.52. The van der Waals surface area contributed by atoms with E-state index in [4.69, 9.17) is 26.8 Å². The van der Waals surface area contributed by atoms with E-state index in [0.717, 1.165) is 30.0 Å². The van der Waals surface area contributed by atoms with Gasteiger partial charge >= 0.3 is 0 Å². The lowest BCUT2D eigenvalue weighted by Crippen LogP contribution is -2.20. The smallest absolute Gasteiger partial charge is 0.267 e. The summed E-state index contributed by atoms with van der Waals surface area (Å²) in [7, 11) is 3.68. The van der Waals surface area contributed by atoms with Crippen molar-refractivity contribution in [2.24, 2.45) is 0 Å². The molecule has 4 rings (SSSR count). The number of nitrogens with zero attached hydrogens (tertiary/aromatic N) is 1. The number of anilines is 2. The number of ether oxygens (including phenoxy) is 2. The molecule has 6 nitrogen and oxygen atoms in total. The molecular formula is C29H30ClN3O3S. The summed E-state index contributed by atoms with van der Waals surface area (Å²) in [6.07, 6.45) is 0.874. The summed E-state index contributed by atoms with van der Waals surface area (Å²) in [4.78, 5) is 16.6. The summed E-state index contributed by atoms with van der Waals surface area (Å²) in [6.45, 7) is 2.36. The van der Waals surface area contributed by atoms with Gasteiger partial charge in [-0.3, -0.25) is 4.79 Å². The van der Waals surface area contributed by atoms with E-state index in [9.17, 15) is 4.79 Å². The second-order valence-electron chi connectivity index (χ2n) is 8.65. The number of methoxy groups -OCH3 is 1. The second kappa shape index (κ2) is 12.6. The van der Waals surface area contributed by atoms with E-state index in [1.807, 2.05) is 30.3 Å². The van der Waals surface area contributed by atoms with Gasteiger partial charge in [-0.25, -0.2) is 0 Å². The number of carbonyl (C=O) groups is 1. The average molecular weight is 536 g/mol. The van der Waals surface area contributed by atoms with E-state index in [-0.39, 0.29) is 5.91 Å². The van der Waals surface area contributed by atoms with Gasteiger partial charge in [0.1, 0.15) is 4.88 Å². The van der Waals surface area contributed by atoms with E-state index >= 15 is 0 Å². The molecule has 0 bridgehead atoms. The van der Waals surface area contributed by atoms with E-state index < -0.39 is 0 Å². The zero-order valence-electron chi connectivity index (χ0n) is 20.9. The number of carbonyl (C=O) groups excluding carboxylic acids is 1. The molecule has 0 spiro atoms. The molecule has 192 valence electrons. The van der Waals surface area contributed by atoms with Crippen molar-refractivity contribution in [2.75, 3.05) is 38.4 Å². The SMILES string of the molecule is COc1cc(NC(=O)c2sc(-c3ccc(Cl)cc3)cc2N)ccc1OCCCN(C)Cc1ccccc1. The van der Waals surface area contributed by atoms with Crippen molar-refractivity contribution in [1.29, 1.82) is 0 Å². The van der Waals surface area contributed by atoms with Crippen molar-refractivity contribution in [3.63, 3.8) is 0 Å². The van der Waals surface area contributed by atoms with Gasteiger partial charge in [-0.2, -0.15) is 0 Å². The Morgan fingerprint density at radius 1 is 1.03 bits per heavy atom. The van der Waals surface area contributed by atoms with Crippen molar-refractivity contribution in [3.8, 4) is 21.9 Å². The first kappa shape index (κ1) is 26.5. The first-order valence-corrected chi connectivity index (χ1v) is 13.1. The van der Waals surface area contributed by atoms with Gasteiger partial charge in [0.15, 0.2) is 11.5 Å². The molecule has 37 heavy (non-hydrogen) atoms. The Labute approximate surface area is 226 Å². The van der Waals surface area contributed by atoms with Gasteiger partial charge in [0.05, 0.1) is 19.4 Å². The number of amides is 1. The topological polar surface area (TPSA) is 76.8 Å². The highest BCUT2D eigenvalue weighted by molar-refractivity contribution is 7.18. The third-order valence-corrected chi connectivity index (χ3v) is 7.20. The van der Waals surface area contributed by atoms with Crippen molar-refractivity contribution in [1.82, 2.24) is 4.90 Å². The summed E-state index contributed by atoms with van der Waals surface area (Å²) < 4.78 is 11.5. The van der Waals surface area contributed by atoms with Crippen LogP contribution in [0.1, 0.15) is 21.7 Å². The molecule has 1 amide bonds. The molecule has 3 aromatic carbocycles. The molecule has 0 aliphatic rings. The number of halogens is 1. The number of nitrogens with one attached hydrogen (secondary N) is 1.